The fourth-order valence-corrected chi connectivity index (χ4v) is 3.76. The summed E-state index contributed by atoms with van der Waals surface area (Å²) in [5, 5.41) is 29.7. The van der Waals surface area contributed by atoms with Crippen LogP contribution in [0.2, 0.25) is 0 Å². The number of carbonyl (C=O) groups is 1. The molecule has 3 rings (SSSR count). The van der Waals surface area contributed by atoms with Gasteiger partial charge in [-0.2, -0.15) is 5.10 Å². The van der Waals surface area contributed by atoms with E-state index in [9.17, 15) is 15.0 Å². The zero-order valence-electron chi connectivity index (χ0n) is 18.3. The predicted octanol–water partition coefficient (Wildman–Crippen LogP) is 4.15. The maximum Gasteiger partial charge on any atom is 0.410 e. The summed E-state index contributed by atoms with van der Waals surface area (Å²) in [5.41, 5.74) is 2.89. The topological polar surface area (TPSA) is 95.8 Å². The maximum atomic E-state index is 12.4. The lowest BCUT2D eigenvalue weighted by Gasteiger charge is -2.35. The van der Waals surface area contributed by atoms with Gasteiger partial charge in [-0.3, -0.25) is 0 Å². The number of phenolic OH excluding ortho intramolecular Hbond substituents is 1. The Morgan fingerprint density at radius 2 is 1.97 bits per heavy atom. The Hall–Kier alpha value is -2.67. The van der Waals surface area contributed by atoms with E-state index < -0.39 is 11.7 Å². The van der Waals surface area contributed by atoms with Crippen molar-refractivity contribution < 1.29 is 19.7 Å². The molecule has 1 unspecified atom stereocenters. The highest BCUT2D eigenvalue weighted by Crippen LogP contribution is 2.33. The van der Waals surface area contributed by atoms with Crippen molar-refractivity contribution in [2.45, 2.75) is 59.2 Å². The average Bonchev–Trinajstić information content (AvgIpc) is 2.67. The van der Waals surface area contributed by atoms with Crippen LogP contribution < -0.4 is 0 Å². The van der Waals surface area contributed by atoms with Crippen molar-refractivity contribution in [1.82, 2.24) is 15.1 Å². The minimum Gasteiger partial charge on any atom is -0.507 e. The summed E-state index contributed by atoms with van der Waals surface area (Å²) in [6, 6.07) is 7.22. The van der Waals surface area contributed by atoms with Gasteiger partial charge in [-0.1, -0.05) is 6.07 Å². The van der Waals surface area contributed by atoms with Crippen LogP contribution in [0.1, 0.15) is 56.5 Å². The normalized spacial score (nSPS) is 18.2. The van der Waals surface area contributed by atoms with Crippen LogP contribution in [0.3, 0.4) is 0 Å². The van der Waals surface area contributed by atoms with Crippen molar-refractivity contribution in [2.24, 2.45) is 5.92 Å². The molecule has 2 atom stereocenters. The number of aromatic nitrogens is 2. The second kappa shape index (κ2) is 8.60. The predicted molar refractivity (Wildman–Crippen MR) is 114 cm³/mol. The molecule has 1 aromatic heterocycles. The Kier molecular flexibility index (Phi) is 6.31. The van der Waals surface area contributed by atoms with Gasteiger partial charge in [0.2, 0.25) is 0 Å². The SMILES string of the molecule is Cc1ccc(-c2nnc(C(O)[C@@H]3CCCN(C(=O)OC(C)(C)C)C3)cc2C)c(O)c1. The monoisotopic (exact) mass is 413 g/mol. The third-order valence-corrected chi connectivity index (χ3v) is 5.27. The fourth-order valence-electron chi connectivity index (χ4n) is 3.76. The van der Waals surface area contributed by atoms with Crippen molar-refractivity contribution in [2.75, 3.05) is 13.1 Å². The molecule has 1 aliphatic rings. The average molecular weight is 414 g/mol. The smallest absolute Gasteiger partial charge is 0.410 e. The first-order valence-corrected chi connectivity index (χ1v) is 10.4. The number of phenols is 1. The number of rotatable bonds is 3. The van der Waals surface area contributed by atoms with Crippen molar-refractivity contribution in [3.8, 4) is 17.0 Å². The molecule has 7 nitrogen and oxygen atoms in total. The van der Waals surface area contributed by atoms with Gasteiger partial charge < -0.3 is 19.8 Å². The van der Waals surface area contributed by atoms with Crippen molar-refractivity contribution in [3.63, 3.8) is 0 Å². The minimum atomic E-state index is -0.831. The molecule has 2 heterocycles. The zero-order valence-corrected chi connectivity index (χ0v) is 18.3. The number of aliphatic hydroxyl groups is 1. The van der Waals surface area contributed by atoms with Crippen LogP contribution in [-0.4, -0.2) is 50.1 Å². The van der Waals surface area contributed by atoms with Gasteiger partial charge in [0.05, 0.1) is 11.4 Å². The van der Waals surface area contributed by atoms with Gasteiger partial charge in [-0.25, -0.2) is 4.79 Å². The molecular weight excluding hydrogens is 382 g/mol. The lowest BCUT2D eigenvalue weighted by molar-refractivity contribution is 0.00159. The first-order chi connectivity index (χ1) is 14.0. The standard InChI is InChI=1S/C23H31N3O4/c1-14-8-9-17(19(27)11-14)20-15(2)12-18(24-25-20)21(28)16-7-6-10-26(13-16)22(29)30-23(3,4)5/h8-9,11-12,16,21,27-28H,6-7,10,13H2,1-5H3/t16-,21?/m1/s1. The largest absolute Gasteiger partial charge is 0.507 e. The summed E-state index contributed by atoms with van der Waals surface area (Å²) in [4.78, 5) is 14.1. The van der Waals surface area contributed by atoms with Gasteiger partial charge in [0.15, 0.2) is 0 Å². The Morgan fingerprint density at radius 3 is 2.60 bits per heavy atom. The van der Waals surface area contributed by atoms with Crippen molar-refractivity contribution in [3.05, 3.63) is 41.1 Å². The number of carbonyl (C=O) groups excluding carboxylic acids is 1. The van der Waals surface area contributed by atoms with Gasteiger partial charge in [0.1, 0.15) is 17.5 Å². The number of nitrogens with zero attached hydrogens (tertiary/aromatic N) is 3. The van der Waals surface area contributed by atoms with Crippen LogP contribution in [0.25, 0.3) is 11.3 Å². The Morgan fingerprint density at radius 1 is 1.23 bits per heavy atom. The molecule has 30 heavy (non-hydrogen) atoms. The number of piperidine rings is 1. The first-order valence-electron chi connectivity index (χ1n) is 10.4. The van der Waals surface area contributed by atoms with Gasteiger partial charge in [-0.05, 0) is 76.8 Å². The van der Waals surface area contributed by atoms with Crippen LogP contribution in [0.4, 0.5) is 4.79 Å². The number of aliphatic hydroxyl groups excluding tert-OH is 1. The highest BCUT2D eigenvalue weighted by Gasteiger charge is 2.32. The molecule has 0 saturated carbocycles. The number of amides is 1. The number of ether oxygens (including phenoxy) is 1. The molecular formula is C23H31N3O4. The first kappa shape index (κ1) is 22.0. The lowest BCUT2D eigenvalue weighted by atomic mass is 9.90. The molecule has 0 radical (unpaired) electrons. The summed E-state index contributed by atoms with van der Waals surface area (Å²) in [6.45, 7) is 10.3. The number of hydrogen-bond acceptors (Lipinski definition) is 6. The summed E-state index contributed by atoms with van der Waals surface area (Å²) < 4.78 is 5.47. The van der Waals surface area contributed by atoms with E-state index in [0.717, 1.165) is 24.0 Å². The van der Waals surface area contributed by atoms with Crippen LogP contribution in [0.5, 0.6) is 5.75 Å². The van der Waals surface area contributed by atoms with E-state index in [4.69, 9.17) is 4.74 Å². The van der Waals surface area contributed by atoms with E-state index in [1.165, 1.54) is 0 Å². The summed E-state index contributed by atoms with van der Waals surface area (Å²) in [5.74, 6) is 0.0135. The van der Waals surface area contributed by atoms with Crippen LogP contribution in [0.15, 0.2) is 24.3 Å². The summed E-state index contributed by atoms with van der Waals surface area (Å²) in [6.07, 6.45) is 0.402. The van der Waals surface area contributed by atoms with Gasteiger partial charge in [0, 0.05) is 24.6 Å². The molecule has 1 aromatic carbocycles. The molecule has 0 spiro atoms. The quantitative estimate of drug-likeness (QED) is 0.785. The molecule has 1 amide bonds. The molecule has 162 valence electrons. The van der Waals surface area contributed by atoms with Gasteiger partial charge in [0.25, 0.3) is 0 Å². The molecule has 2 N–H and O–H groups in total. The number of aryl methyl sites for hydroxylation is 2. The molecule has 1 aliphatic heterocycles. The van der Waals surface area contributed by atoms with E-state index in [1.807, 2.05) is 46.8 Å². The van der Waals surface area contributed by atoms with Crippen molar-refractivity contribution in [1.29, 1.82) is 0 Å². The molecule has 0 aliphatic carbocycles. The van der Waals surface area contributed by atoms with Crippen LogP contribution in [-0.2, 0) is 4.74 Å². The zero-order chi connectivity index (χ0) is 22.1. The molecule has 2 aromatic rings. The molecule has 0 bridgehead atoms. The van der Waals surface area contributed by atoms with Gasteiger partial charge in [-0.15, -0.1) is 5.10 Å². The minimum absolute atomic E-state index is 0.140. The molecule has 7 heteroatoms. The second-order valence-electron chi connectivity index (χ2n) is 9.09. The van der Waals surface area contributed by atoms with Crippen LogP contribution in [0, 0.1) is 19.8 Å². The molecule has 1 fully saturated rings. The lowest BCUT2D eigenvalue weighted by Crippen LogP contribution is -2.44. The summed E-state index contributed by atoms with van der Waals surface area (Å²) >= 11 is 0. The van der Waals surface area contributed by atoms with E-state index in [0.29, 0.717) is 30.0 Å². The summed E-state index contributed by atoms with van der Waals surface area (Å²) in [7, 11) is 0. The van der Waals surface area contributed by atoms with Crippen LogP contribution >= 0.6 is 0 Å². The Balaban J connectivity index is 1.76. The second-order valence-corrected chi connectivity index (χ2v) is 9.09. The maximum absolute atomic E-state index is 12.4. The Labute approximate surface area is 177 Å². The number of likely N-dealkylation sites (tertiary alicyclic amines) is 1. The number of hydrogen-bond donors (Lipinski definition) is 2. The fraction of sp³-hybridized carbons (Fsp3) is 0.522. The van der Waals surface area contributed by atoms with E-state index in [2.05, 4.69) is 10.2 Å². The third-order valence-electron chi connectivity index (χ3n) is 5.27. The van der Waals surface area contributed by atoms with Gasteiger partial charge >= 0.3 is 6.09 Å². The highest BCUT2D eigenvalue weighted by atomic mass is 16.6. The highest BCUT2D eigenvalue weighted by molar-refractivity contribution is 5.70. The van der Waals surface area contributed by atoms with E-state index >= 15 is 0 Å². The number of benzene rings is 1. The van der Waals surface area contributed by atoms with Crippen molar-refractivity contribution >= 4 is 6.09 Å². The van der Waals surface area contributed by atoms with E-state index in [1.54, 1.807) is 17.0 Å². The Bertz CT molecular complexity index is 923. The van der Waals surface area contributed by atoms with E-state index in [-0.39, 0.29) is 17.8 Å². The molecule has 1 saturated heterocycles. The number of aromatic hydroxyl groups is 1. The third kappa shape index (κ3) is 5.08.